The van der Waals surface area contributed by atoms with Crippen LogP contribution in [-0.2, 0) is 9.53 Å². The van der Waals surface area contributed by atoms with E-state index in [1.807, 2.05) is 0 Å². The average molecular weight is 229 g/mol. The number of piperidine rings is 1. The summed E-state index contributed by atoms with van der Waals surface area (Å²) in [4.78, 5) is 13.3. The third kappa shape index (κ3) is 2.95. The minimum Gasteiger partial charge on any atom is -0.481 e. The number of carboxylic acids is 1. The number of nitrogens with zero attached hydrogens (tertiary/aromatic N) is 1. The van der Waals surface area contributed by atoms with Crippen molar-refractivity contribution in [2.75, 3.05) is 13.7 Å². The van der Waals surface area contributed by atoms with Crippen LogP contribution in [-0.4, -0.2) is 47.8 Å². The van der Waals surface area contributed by atoms with Gasteiger partial charge >= 0.3 is 5.97 Å². The van der Waals surface area contributed by atoms with Crippen LogP contribution in [0.15, 0.2) is 0 Å². The Kier molecular flexibility index (Phi) is 4.74. The smallest absolute Gasteiger partial charge is 0.306 e. The maximum absolute atomic E-state index is 10.9. The van der Waals surface area contributed by atoms with E-state index < -0.39 is 5.97 Å². The number of ether oxygens (including phenoxy) is 1. The van der Waals surface area contributed by atoms with E-state index in [-0.39, 0.29) is 12.0 Å². The van der Waals surface area contributed by atoms with E-state index in [0.29, 0.717) is 12.1 Å². The van der Waals surface area contributed by atoms with E-state index in [1.54, 1.807) is 7.11 Å². The Hall–Kier alpha value is -0.610. The number of methoxy groups -OCH3 is 1. The Morgan fingerprint density at radius 3 is 2.56 bits per heavy atom. The van der Waals surface area contributed by atoms with Gasteiger partial charge in [0.05, 0.1) is 12.0 Å². The highest BCUT2D eigenvalue weighted by atomic mass is 16.5. The molecule has 16 heavy (non-hydrogen) atoms. The monoisotopic (exact) mass is 229 g/mol. The van der Waals surface area contributed by atoms with Crippen molar-refractivity contribution < 1.29 is 14.6 Å². The summed E-state index contributed by atoms with van der Waals surface area (Å²) < 4.78 is 5.33. The maximum Gasteiger partial charge on any atom is 0.306 e. The van der Waals surface area contributed by atoms with Gasteiger partial charge in [0.15, 0.2) is 0 Å². The van der Waals surface area contributed by atoms with Crippen LogP contribution in [0.25, 0.3) is 0 Å². The number of rotatable bonds is 4. The third-order valence-electron chi connectivity index (χ3n) is 3.85. The van der Waals surface area contributed by atoms with Crippen molar-refractivity contribution in [3.63, 3.8) is 0 Å². The molecule has 1 aliphatic heterocycles. The third-order valence-corrected chi connectivity index (χ3v) is 3.85. The van der Waals surface area contributed by atoms with E-state index in [2.05, 4.69) is 25.7 Å². The molecule has 4 heteroatoms. The standard InChI is InChI=1S/C12H23NO3/c1-8-7-11(12(14)15)5-6-13(8)9(2)10(3)16-4/h8-11H,5-7H2,1-4H3,(H,14,15). The molecule has 0 saturated carbocycles. The van der Waals surface area contributed by atoms with Crippen LogP contribution in [0.4, 0.5) is 0 Å². The summed E-state index contributed by atoms with van der Waals surface area (Å²) in [5.41, 5.74) is 0. The van der Waals surface area contributed by atoms with Gasteiger partial charge in [-0.3, -0.25) is 9.69 Å². The van der Waals surface area contributed by atoms with Gasteiger partial charge in [0, 0.05) is 19.2 Å². The molecular formula is C12H23NO3. The van der Waals surface area contributed by atoms with Crippen LogP contribution in [0.2, 0.25) is 0 Å². The highest BCUT2D eigenvalue weighted by Crippen LogP contribution is 2.25. The van der Waals surface area contributed by atoms with Crippen LogP contribution >= 0.6 is 0 Å². The van der Waals surface area contributed by atoms with Gasteiger partial charge in [0.25, 0.3) is 0 Å². The summed E-state index contributed by atoms with van der Waals surface area (Å²) in [7, 11) is 1.72. The van der Waals surface area contributed by atoms with E-state index in [9.17, 15) is 4.79 Å². The number of hydrogen-bond acceptors (Lipinski definition) is 3. The predicted octanol–water partition coefficient (Wildman–Crippen LogP) is 1.59. The molecule has 4 nitrogen and oxygen atoms in total. The summed E-state index contributed by atoms with van der Waals surface area (Å²) in [6, 6.07) is 0.664. The van der Waals surface area contributed by atoms with Crippen molar-refractivity contribution >= 4 is 5.97 Å². The van der Waals surface area contributed by atoms with Crippen molar-refractivity contribution in [1.29, 1.82) is 0 Å². The van der Waals surface area contributed by atoms with Gasteiger partial charge < -0.3 is 9.84 Å². The van der Waals surface area contributed by atoms with Crippen LogP contribution in [0.5, 0.6) is 0 Å². The Balaban J connectivity index is 2.56. The maximum atomic E-state index is 10.9. The van der Waals surface area contributed by atoms with Crippen LogP contribution in [0.3, 0.4) is 0 Å². The van der Waals surface area contributed by atoms with Crippen molar-refractivity contribution in [1.82, 2.24) is 4.90 Å². The molecule has 1 saturated heterocycles. The molecule has 4 atom stereocenters. The molecule has 0 spiro atoms. The second-order valence-corrected chi connectivity index (χ2v) is 4.83. The van der Waals surface area contributed by atoms with E-state index in [1.165, 1.54) is 0 Å². The number of aliphatic carboxylic acids is 1. The molecule has 0 radical (unpaired) electrons. The number of carboxylic acid groups (broad SMARTS) is 1. The topological polar surface area (TPSA) is 49.8 Å². The van der Waals surface area contributed by atoms with Gasteiger partial charge in [-0.05, 0) is 40.2 Å². The minimum absolute atomic E-state index is 0.170. The zero-order valence-electron chi connectivity index (χ0n) is 10.6. The summed E-state index contributed by atoms with van der Waals surface area (Å²) in [6.07, 6.45) is 1.68. The first-order valence-electron chi connectivity index (χ1n) is 5.98. The zero-order chi connectivity index (χ0) is 12.3. The Morgan fingerprint density at radius 2 is 2.12 bits per heavy atom. The van der Waals surface area contributed by atoms with Crippen molar-refractivity contribution in [2.45, 2.75) is 51.8 Å². The van der Waals surface area contributed by atoms with Gasteiger partial charge in [-0.15, -0.1) is 0 Å². The molecule has 1 N–H and O–H groups in total. The number of hydrogen-bond donors (Lipinski definition) is 1. The molecule has 94 valence electrons. The molecule has 0 aromatic rings. The molecular weight excluding hydrogens is 206 g/mol. The van der Waals surface area contributed by atoms with Crippen LogP contribution < -0.4 is 0 Å². The summed E-state index contributed by atoms with van der Waals surface area (Å²) in [5.74, 6) is -0.824. The molecule has 4 unspecified atom stereocenters. The number of likely N-dealkylation sites (tertiary alicyclic amines) is 1. The second kappa shape index (κ2) is 5.64. The minimum atomic E-state index is -0.654. The van der Waals surface area contributed by atoms with Crippen LogP contribution in [0.1, 0.15) is 33.6 Å². The second-order valence-electron chi connectivity index (χ2n) is 4.83. The number of carbonyl (C=O) groups is 1. The Morgan fingerprint density at radius 1 is 1.50 bits per heavy atom. The van der Waals surface area contributed by atoms with E-state index in [4.69, 9.17) is 9.84 Å². The van der Waals surface area contributed by atoms with Gasteiger partial charge in [-0.25, -0.2) is 0 Å². The SMILES string of the molecule is COC(C)C(C)N1CCC(C(=O)O)CC1C. The molecule has 0 aromatic carbocycles. The summed E-state index contributed by atoms with van der Waals surface area (Å²) in [5, 5.41) is 8.99. The fourth-order valence-electron chi connectivity index (χ4n) is 2.49. The molecule has 0 bridgehead atoms. The lowest BCUT2D eigenvalue weighted by Gasteiger charge is -2.41. The molecule has 1 heterocycles. The molecule has 0 aromatic heterocycles. The quantitative estimate of drug-likeness (QED) is 0.795. The first kappa shape index (κ1) is 13.5. The first-order valence-corrected chi connectivity index (χ1v) is 5.98. The van der Waals surface area contributed by atoms with E-state index in [0.717, 1.165) is 19.4 Å². The van der Waals surface area contributed by atoms with Crippen molar-refractivity contribution in [3.05, 3.63) is 0 Å². The highest BCUT2D eigenvalue weighted by molar-refractivity contribution is 5.70. The highest BCUT2D eigenvalue weighted by Gasteiger charge is 2.33. The Bertz CT molecular complexity index is 244. The lowest BCUT2D eigenvalue weighted by atomic mass is 9.90. The lowest BCUT2D eigenvalue weighted by molar-refractivity contribution is -0.144. The fourth-order valence-corrected chi connectivity index (χ4v) is 2.49. The van der Waals surface area contributed by atoms with Crippen molar-refractivity contribution in [2.24, 2.45) is 5.92 Å². The van der Waals surface area contributed by atoms with Gasteiger partial charge in [0.2, 0.25) is 0 Å². The molecule has 1 rings (SSSR count). The molecule has 1 aliphatic rings. The first-order chi connectivity index (χ1) is 7.47. The molecule has 1 fully saturated rings. The molecule has 0 amide bonds. The summed E-state index contributed by atoms with van der Waals surface area (Å²) in [6.45, 7) is 7.16. The predicted molar refractivity (Wildman–Crippen MR) is 62.5 cm³/mol. The summed E-state index contributed by atoms with van der Waals surface area (Å²) >= 11 is 0. The zero-order valence-corrected chi connectivity index (χ0v) is 10.6. The van der Waals surface area contributed by atoms with Crippen LogP contribution in [0, 0.1) is 5.92 Å². The normalized spacial score (nSPS) is 31.0. The average Bonchev–Trinajstić information content (AvgIpc) is 2.26. The van der Waals surface area contributed by atoms with Gasteiger partial charge in [-0.1, -0.05) is 0 Å². The fraction of sp³-hybridized carbons (Fsp3) is 0.917. The van der Waals surface area contributed by atoms with Gasteiger partial charge in [-0.2, -0.15) is 0 Å². The molecule has 0 aliphatic carbocycles. The van der Waals surface area contributed by atoms with Gasteiger partial charge in [0.1, 0.15) is 0 Å². The van der Waals surface area contributed by atoms with E-state index >= 15 is 0 Å². The Labute approximate surface area is 97.6 Å². The van der Waals surface area contributed by atoms with Crippen molar-refractivity contribution in [3.8, 4) is 0 Å². The lowest BCUT2D eigenvalue weighted by Crippen LogP contribution is -2.51. The largest absolute Gasteiger partial charge is 0.481 e.